The minimum absolute atomic E-state index is 0.0383. The predicted octanol–water partition coefficient (Wildman–Crippen LogP) is 1.43. The second-order valence-electron chi connectivity index (χ2n) is 3.32. The smallest absolute Gasteiger partial charge is 0.163 e. The van der Waals surface area contributed by atoms with Crippen molar-refractivity contribution in [3.8, 4) is 10.7 Å². The maximum atomic E-state index is 5.75. The molecule has 0 aliphatic rings. The van der Waals surface area contributed by atoms with Gasteiger partial charge in [-0.1, -0.05) is 4.85 Å². The molecule has 6 heteroatoms. The summed E-state index contributed by atoms with van der Waals surface area (Å²) < 4.78 is 0. The van der Waals surface area contributed by atoms with E-state index in [1.54, 1.807) is 12.3 Å². The average molecular weight is 224 g/mol. The fourth-order valence-electron chi connectivity index (χ4n) is 1.12. The van der Waals surface area contributed by atoms with Crippen LogP contribution in [0.25, 0.3) is 10.7 Å². The van der Waals surface area contributed by atoms with Crippen LogP contribution in [0.4, 0.5) is 5.82 Å². The Labute approximate surface area is 91.5 Å². The molecule has 0 saturated carbocycles. The van der Waals surface area contributed by atoms with E-state index in [0.717, 1.165) is 10.7 Å². The van der Waals surface area contributed by atoms with Crippen LogP contribution in [-0.2, 0) is 0 Å². The Kier molecular flexibility index (Phi) is 2.59. The molecule has 80 valence electrons. The van der Waals surface area contributed by atoms with Crippen molar-refractivity contribution < 1.29 is 4.84 Å². The van der Waals surface area contributed by atoms with E-state index in [9.17, 15) is 0 Å². The summed E-state index contributed by atoms with van der Waals surface area (Å²) in [4.78, 5) is 10.9. The Morgan fingerprint density at radius 2 is 2.33 bits per heavy atom. The van der Waals surface area contributed by atoms with E-state index < -0.39 is 0 Å². The number of nitrogens with zero attached hydrogens (tertiary/aromatic N) is 3. The lowest BCUT2D eigenvalue weighted by molar-refractivity contribution is 0.0408. The van der Waals surface area contributed by atoms with Gasteiger partial charge in [0.1, 0.15) is 16.8 Å². The number of nitrogens with two attached hydrogens (primary N) is 1. The van der Waals surface area contributed by atoms with Gasteiger partial charge >= 0.3 is 0 Å². The highest BCUT2D eigenvalue weighted by Gasteiger charge is 2.10. The maximum Gasteiger partial charge on any atom is 0.163 e. The van der Waals surface area contributed by atoms with Crippen molar-refractivity contribution in [2.45, 2.75) is 20.0 Å². The van der Waals surface area contributed by atoms with Crippen molar-refractivity contribution in [2.24, 2.45) is 0 Å². The van der Waals surface area contributed by atoms with Crippen LogP contribution >= 0.6 is 11.3 Å². The fraction of sp³-hybridized carbons (Fsp3) is 0.333. The van der Waals surface area contributed by atoms with Gasteiger partial charge in [-0.05, 0) is 13.8 Å². The van der Waals surface area contributed by atoms with Gasteiger partial charge in [-0.3, -0.25) is 0 Å². The van der Waals surface area contributed by atoms with Crippen LogP contribution in [0, 0.1) is 0 Å². The summed E-state index contributed by atoms with van der Waals surface area (Å²) in [5.41, 5.74) is 6.49. The molecule has 0 unspecified atom stereocenters. The van der Waals surface area contributed by atoms with Gasteiger partial charge in [-0.25, -0.2) is 4.98 Å². The quantitative estimate of drug-likeness (QED) is 0.856. The summed E-state index contributed by atoms with van der Waals surface area (Å²) >= 11 is 1.52. The summed E-state index contributed by atoms with van der Waals surface area (Å²) in [7, 11) is 0. The van der Waals surface area contributed by atoms with Crippen molar-refractivity contribution >= 4 is 17.2 Å². The third kappa shape index (κ3) is 2.10. The highest BCUT2D eigenvalue weighted by atomic mass is 32.1. The van der Waals surface area contributed by atoms with Crippen LogP contribution in [0.3, 0.4) is 0 Å². The van der Waals surface area contributed by atoms with Gasteiger partial charge in [0.25, 0.3) is 0 Å². The van der Waals surface area contributed by atoms with Gasteiger partial charge in [0.2, 0.25) is 0 Å². The van der Waals surface area contributed by atoms with Crippen LogP contribution in [-0.4, -0.2) is 21.0 Å². The largest absolute Gasteiger partial charge is 0.392 e. The minimum Gasteiger partial charge on any atom is -0.392 e. The first-order valence-corrected chi connectivity index (χ1v) is 5.47. The lowest BCUT2D eigenvalue weighted by Crippen LogP contribution is -2.21. The Morgan fingerprint density at radius 1 is 1.53 bits per heavy atom. The van der Waals surface area contributed by atoms with Crippen molar-refractivity contribution in [1.29, 1.82) is 0 Å². The summed E-state index contributed by atoms with van der Waals surface area (Å²) in [6, 6.07) is 1.75. The number of hydrogen-bond donors (Lipinski definition) is 1. The van der Waals surface area contributed by atoms with E-state index >= 15 is 0 Å². The third-order valence-electron chi connectivity index (χ3n) is 1.67. The van der Waals surface area contributed by atoms with Crippen LogP contribution in [0.2, 0.25) is 0 Å². The second-order valence-corrected chi connectivity index (χ2v) is 4.21. The first-order valence-electron chi connectivity index (χ1n) is 4.59. The Hall–Kier alpha value is -1.56. The van der Waals surface area contributed by atoms with E-state index in [1.807, 2.05) is 19.2 Å². The van der Waals surface area contributed by atoms with E-state index in [2.05, 4.69) is 10.1 Å². The van der Waals surface area contributed by atoms with Gasteiger partial charge in [0.15, 0.2) is 5.82 Å². The number of rotatable bonds is 3. The number of thiazole rings is 1. The first kappa shape index (κ1) is 9.97. The first-order chi connectivity index (χ1) is 7.16. The Bertz CT molecular complexity index is 435. The monoisotopic (exact) mass is 224 g/mol. The molecule has 0 aliphatic heterocycles. The van der Waals surface area contributed by atoms with Crippen LogP contribution in [0.1, 0.15) is 13.8 Å². The summed E-state index contributed by atoms with van der Waals surface area (Å²) in [5, 5.41) is 6.95. The summed E-state index contributed by atoms with van der Waals surface area (Å²) in [6.07, 6.45) is 1.77. The van der Waals surface area contributed by atoms with E-state index in [1.165, 1.54) is 16.2 Å². The van der Waals surface area contributed by atoms with E-state index in [-0.39, 0.29) is 6.10 Å². The van der Waals surface area contributed by atoms with Crippen LogP contribution in [0.5, 0.6) is 0 Å². The molecule has 0 aromatic carbocycles. The standard InChI is InChI=1S/C9H12N4OS/c1-6(2)14-13-8(10)5-7(12-13)9-11-3-4-15-9/h3-6H,10H2,1-2H3. The molecule has 0 bridgehead atoms. The summed E-state index contributed by atoms with van der Waals surface area (Å²) in [5.74, 6) is 0.480. The molecule has 2 heterocycles. The zero-order valence-electron chi connectivity index (χ0n) is 8.54. The molecule has 15 heavy (non-hydrogen) atoms. The minimum atomic E-state index is 0.0383. The molecular weight excluding hydrogens is 212 g/mol. The summed E-state index contributed by atoms with van der Waals surface area (Å²) in [6.45, 7) is 3.84. The highest BCUT2D eigenvalue weighted by molar-refractivity contribution is 7.13. The SMILES string of the molecule is CC(C)On1nc(-c2nccs2)cc1N. The highest BCUT2D eigenvalue weighted by Crippen LogP contribution is 2.21. The van der Waals surface area contributed by atoms with E-state index in [4.69, 9.17) is 10.6 Å². The molecule has 2 aromatic rings. The maximum absolute atomic E-state index is 5.75. The fourth-order valence-corrected chi connectivity index (χ4v) is 1.71. The van der Waals surface area contributed by atoms with Crippen molar-refractivity contribution in [3.05, 3.63) is 17.6 Å². The van der Waals surface area contributed by atoms with Gasteiger partial charge in [0.05, 0.1) is 0 Å². The zero-order chi connectivity index (χ0) is 10.8. The molecule has 2 rings (SSSR count). The predicted molar refractivity (Wildman–Crippen MR) is 59.5 cm³/mol. The van der Waals surface area contributed by atoms with E-state index in [0.29, 0.717) is 5.82 Å². The van der Waals surface area contributed by atoms with Crippen LogP contribution in [0.15, 0.2) is 17.6 Å². The Balaban J connectivity index is 2.29. The van der Waals surface area contributed by atoms with Gasteiger partial charge < -0.3 is 10.6 Å². The normalized spacial score (nSPS) is 10.9. The molecule has 0 saturated heterocycles. The molecule has 0 spiro atoms. The number of nitrogen functional groups attached to an aromatic ring is 1. The van der Waals surface area contributed by atoms with Crippen molar-refractivity contribution in [3.63, 3.8) is 0 Å². The molecule has 2 aromatic heterocycles. The molecular formula is C9H12N4OS. The van der Waals surface area contributed by atoms with Gasteiger partial charge in [-0.2, -0.15) is 0 Å². The zero-order valence-corrected chi connectivity index (χ0v) is 9.36. The lowest BCUT2D eigenvalue weighted by atomic mass is 10.4. The third-order valence-corrected chi connectivity index (χ3v) is 2.46. The number of anilines is 1. The van der Waals surface area contributed by atoms with Crippen molar-refractivity contribution in [1.82, 2.24) is 14.9 Å². The number of hydrogen-bond acceptors (Lipinski definition) is 5. The molecule has 2 N–H and O–H groups in total. The van der Waals surface area contributed by atoms with Gasteiger partial charge in [-0.15, -0.1) is 16.4 Å². The molecule has 0 aliphatic carbocycles. The van der Waals surface area contributed by atoms with Crippen LogP contribution < -0.4 is 10.6 Å². The van der Waals surface area contributed by atoms with Crippen molar-refractivity contribution in [2.75, 3.05) is 5.73 Å². The number of aromatic nitrogens is 3. The molecule has 0 fully saturated rings. The lowest BCUT2D eigenvalue weighted by Gasteiger charge is -2.08. The molecule has 0 radical (unpaired) electrons. The van der Waals surface area contributed by atoms with Gasteiger partial charge in [0, 0.05) is 17.6 Å². The molecule has 0 atom stereocenters. The molecule has 0 amide bonds. The Morgan fingerprint density at radius 3 is 2.93 bits per heavy atom. The topological polar surface area (TPSA) is 66.0 Å². The average Bonchev–Trinajstić information content (AvgIpc) is 2.75. The molecule has 5 nitrogen and oxygen atoms in total. The second kappa shape index (κ2) is 3.90.